The molecular formula is C20H31O5P. The number of rotatable bonds is 4. The summed E-state index contributed by atoms with van der Waals surface area (Å²) in [5.41, 5.74) is 1.64. The lowest BCUT2D eigenvalue weighted by Gasteiger charge is -2.52. The smallest absolute Gasteiger partial charge is 0.475 e. The zero-order valence-electron chi connectivity index (χ0n) is 15.7. The third-order valence-electron chi connectivity index (χ3n) is 7.38. The fourth-order valence-corrected chi connectivity index (χ4v) is 8.02. The molecule has 0 N–H and O–H groups in total. The number of methoxy groups -OCH3 is 1. The van der Waals surface area contributed by atoms with Crippen molar-refractivity contribution in [2.24, 2.45) is 29.6 Å². The van der Waals surface area contributed by atoms with Crippen LogP contribution in [-0.4, -0.2) is 26.4 Å². The van der Waals surface area contributed by atoms with Gasteiger partial charge in [0, 0.05) is 5.92 Å². The van der Waals surface area contributed by atoms with Crippen molar-refractivity contribution in [1.82, 2.24) is 0 Å². The number of hydrogen-bond acceptors (Lipinski definition) is 5. The lowest BCUT2D eigenvalue weighted by Crippen LogP contribution is -2.41. The molecule has 26 heavy (non-hydrogen) atoms. The zero-order chi connectivity index (χ0) is 17.7. The predicted molar refractivity (Wildman–Crippen MR) is 97.4 cm³/mol. The average molecular weight is 382 g/mol. The number of hydrogen-bond donors (Lipinski definition) is 0. The molecule has 1 aliphatic heterocycles. The number of allylic oxidation sites excluding steroid dienone is 2. The average Bonchev–Trinajstić information content (AvgIpc) is 3.03. The minimum Gasteiger partial charge on any atom is -0.501 e. The van der Waals surface area contributed by atoms with E-state index in [0.717, 1.165) is 49.4 Å². The Bertz CT molecular complexity index is 590. The van der Waals surface area contributed by atoms with Crippen molar-refractivity contribution in [2.75, 3.05) is 20.3 Å². The highest BCUT2D eigenvalue weighted by atomic mass is 31.2. The second kappa shape index (κ2) is 6.92. The van der Waals surface area contributed by atoms with Crippen LogP contribution in [0.3, 0.4) is 0 Å². The van der Waals surface area contributed by atoms with Gasteiger partial charge in [-0.1, -0.05) is 6.42 Å². The van der Waals surface area contributed by atoms with Crippen LogP contribution in [0.2, 0.25) is 0 Å². The van der Waals surface area contributed by atoms with Crippen LogP contribution in [0.15, 0.2) is 11.3 Å². The number of phosphoric acid groups is 1. The Labute approximate surface area is 156 Å². The number of ether oxygens (including phenoxy) is 1. The molecule has 6 aliphatic rings. The topological polar surface area (TPSA) is 54.0 Å². The molecule has 5 saturated carbocycles. The van der Waals surface area contributed by atoms with Crippen LogP contribution >= 0.6 is 7.82 Å². The maximum atomic E-state index is 12.4. The van der Waals surface area contributed by atoms with E-state index in [2.05, 4.69) is 0 Å². The van der Waals surface area contributed by atoms with Crippen molar-refractivity contribution in [3.05, 3.63) is 11.3 Å². The molecule has 0 aromatic heterocycles. The molecule has 0 spiro atoms. The maximum absolute atomic E-state index is 12.4. The van der Waals surface area contributed by atoms with Gasteiger partial charge in [0.15, 0.2) is 0 Å². The molecule has 6 fully saturated rings. The van der Waals surface area contributed by atoms with Gasteiger partial charge in [-0.15, -0.1) is 0 Å². The van der Waals surface area contributed by atoms with E-state index >= 15 is 0 Å². The minimum absolute atomic E-state index is 0.0553. The monoisotopic (exact) mass is 382 g/mol. The minimum atomic E-state index is -3.31. The summed E-state index contributed by atoms with van der Waals surface area (Å²) in [6.45, 7) is 0.735. The van der Waals surface area contributed by atoms with Gasteiger partial charge in [0.25, 0.3) is 0 Å². The molecular weight excluding hydrogens is 351 g/mol. The Kier molecular flexibility index (Phi) is 4.72. The van der Waals surface area contributed by atoms with Crippen molar-refractivity contribution in [3.63, 3.8) is 0 Å². The van der Waals surface area contributed by atoms with Crippen molar-refractivity contribution < 1.29 is 22.9 Å². The van der Waals surface area contributed by atoms with Crippen LogP contribution in [-0.2, 0) is 22.9 Å². The second-order valence-corrected chi connectivity index (χ2v) is 10.7. The van der Waals surface area contributed by atoms with Crippen molar-refractivity contribution >= 4 is 7.82 Å². The Morgan fingerprint density at radius 2 is 1.62 bits per heavy atom. The summed E-state index contributed by atoms with van der Waals surface area (Å²) in [7, 11) is -1.46. The molecule has 4 bridgehead atoms. The molecule has 0 radical (unpaired) electrons. The standard InChI is InChI=1S/C20H31O5P/c1-22-20(19-16-8-13-7-14(10-16)11-17(19)9-13)15-3-2-4-18(12-15)25-26(21)23-5-6-24-26/h13-18H,2-12H2,1H3. The van der Waals surface area contributed by atoms with Crippen molar-refractivity contribution in [2.45, 2.75) is 63.9 Å². The first kappa shape index (κ1) is 17.7. The van der Waals surface area contributed by atoms with Gasteiger partial charge < -0.3 is 4.74 Å². The van der Waals surface area contributed by atoms with Gasteiger partial charge in [-0.3, -0.25) is 13.6 Å². The van der Waals surface area contributed by atoms with E-state index in [9.17, 15) is 4.57 Å². The summed E-state index contributed by atoms with van der Waals surface area (Å²) in [5.74, 6) is 5.07. The first-order valence-corrected chi connectivity index (χ1v) is 11.9. The molecule has 0 amide bonds. The molecule has 0 aromatic rings. The van der Waals surface area contributed by atoms with Gasteiger partial charge in [-0.2, -0.15) is 0 Å². The normalized spacial score (nSPS) is 43.7. The summed E-state index contributed by atoms with van der Waals surface area (Å²) >= 11 is 0. The van der Waals surface area contributed by atoms with Crippen molar-refractivity contribution in [1.29, 1.82) is 0 Å². The number of phosphoric ester groups is 1. The third kappa shape index (κ3) is 3.19. The van der Waals surface area contributed by atoms with Gasteiger partial charge in [0.1, 0.15) is 0 Å². The molecule has 6 heteroatoms. The van der Waals surface area contributed by atoms with Gasteiger partial charge in [0.05, 0.1) is 32.2 Å². The zero-order valence-corrected chi connectivity index (χ0v) is 16.6. The predicted octanol–water partition coefficient (Wildman–Crippen LogP) is 5.07. The van der Waals surface area contributed by atoms with Crippen LogP contribution in [0, 0.1) is 29.6 Å². The highest BCUT2D eigenvalue weighted by Gasteiger charge is 2.47. The molecule has 5 aliphatic carbocycles. The SMILES string of the molecule is COC(=C1C2CC3CC(C2)CC1C3)C1CCCC(OP2(=O)OCCO2)C1. The Morgan fingerprint density at radius 3 is 2.23 bits per heavy atom. The maximum Gasteiger partial charge on any atom is 0.475 e. The van der Waals surface area contributed by atoms with E-state index in [4.69, 9.17) is 18.3 Å². The largest absolute Gasteiger partial charge is 0.501 e. The summed E-state index contributed by atoms with van der Waals surface area (Å²) in [4.78, 5) is 0. The molecule has 5 nitrogen and oxygen atoms in total. The molecule has 1 heterocycles. The quantitative estimate of drug-likeness (QED) is 0.502. The lowest BCUT2D eigenvalue weighted by molar-refractivity contribution is 0.0481. The van der Waals surface area contributed by atoms with E-state index in [1.165, 1.54) is 37.9 Å². The van der Waals surface area contributed by atoms with Crippen LogP contribution in [0.1, 0.15) is 57.8 Å². The third-order valence-corrected chi connectivity index (χ3v) is 8.93. The van der Waals surface area contributed by atoms with Gasteiger partial charge in [-0.05, 0) is 80.6 Å². The van der Waals surface area contributed by atoms with Crippen LogP contribution in [0.4, 0.5) is 0 Å². The summed E-state index contributed by atoms with van der Waals surface area (Å²) in [5, 5.41) is 0. The Hall–Kier alpha value is -0.350. The van der Waals surface area contributed by atoms with Crippen LogP contribution < -0.4 is 0 Å². The summed E-state index contributed by atoms with van der Waals surface area (Å²) in [6.07, 6.45) is 10.9. The first-order chi connectivity index (χ1) is 12.6. The molecule has 6 rings (SSSR count). The Balaban J connectivity index is 1.34. The molecule has 2 unspecified atom stereocenters. The second-order valence-electron chi connectivity index (χ2n) is 9.03. The van der Waals surface area contributed by atoms with E-state index in [0.29, 0.717) is 19.1 Å². The van der Waals surface area contributed by atoms with E-state index in [1.54, 1.807) is 5.57 Å². The summed E-state index contributed by atoms with van der Waals surface area (Å²) < 4.78 is 34.7. The van der Waals surface area contributed by atoms with Crippen LogP contribution in [0.5, 0.6) is 0 Å². The highest BCUT2D eigenvalue weighted by molar-refractivity contribution is 7.48. The fraction of sp³-hybridized carbons (Fsp3) is 0.900. The highest BCUT2D eigenvalue weighted by Crippen LogP contribution is 2.59. The lowest BCUT2D eigenvalue weighted by atomic mass is 9.53. The van der Waals surface area contributed by atoms with Gasteiger partial charge in [-0.25, -0.2) is 4.57 Å². The molecule has 2 atom stereocenters. The molecule has 0 aromatic carbocycles. The summed E-state index contributed by atoms with van der Waals surface area (Å²) in [6, 6.07) is 0. The Morgan fingerprint density at radius 1 is 0.962 bits per heavy atom. The molecule has 146 valence electrons. The van der Waals surface area contributed by atoms with Crippen LogP contribution in [0.25, 0.3) is 0 Å². The van der Waals surface area contributed by atoms with E-state index in [1.807, 2.05) is 7.11 Å². The van der Waals surface area contributed by atoms with E-state index in [-0.39, 0.29) is 6.10 Å². The fourth-order valence-electron chi connectivity index (χ4n) is 6.67. The first-order valence-electron chi connectivity index (χ1n) is 10.5. The van der Waals surface area contributed by atoms with Gasteiger partial charge in [0.2, 0.25) is 0 Å². The van der Waals surface area contributed by atoms with Gasteiger partial charge >= 0.3 is 7.82 Å². The van der Waals surface area contributed by atoms with E-state index < -0.39 is 7.82 Å². The van der Waals surface area contributed by atoms with Crippen molar-refractivity contribution in [3.8, 4) is 0 Å². The molecule has 1 saturated heterocycles.